The van der Waals surface area contributed by atoms with Crippen molar-refractivity contribution in [2.75, 3.05) is 18.4 Å². The molecule has 2 rings (SSSR count). The highest BCUT2D eigenvalue weighted by Gasteiger charge is 2.34. The number of amides is 1. The smallest absolute Gasteiger partial charge is 0.220 e. The molecule has 0 radical (unpaired) electrons. The summed E-state index contributed by atoms with van der Waals surface area (Å²) in [5.41, 5.74) is 0. The molecule has 1 amide bonds. The van der Waals surface area contributed by atoms with Gasteiger partial charge in [-0.3, -0.25) is 9.69 Å². The molecule has 2 fully saturated rings. The van der Waals surface area contributed by atoms with Crippen LogP contribution in [0.4, 0.5) is 0 Å². The van der Waals surface area contributed by atoms with Crippen LogP contribution in [-0.4, -0.2) is 41.3 Å². The van der Waals surface area contributed by atoms with Crippen LogP contribution in [-0.2, 0) is 4.79 Å². The van der Waals surface area contributed by atoms with Crippen molar-refractivity contribution >= 4 is 21.8 Å². The van der Waals surface area contributed by atoms with Crippen LogP contribution in [0.5, 0.6) is 0 Å². The van der Waals surface area contributed by atoms with Gasteiger partial charge in [0.25, 0.3) is 0 Å². The highest BCUT2D eigenvalue weighted by atomic mass is 79.9. The lowest BCUT2D eigenvalue weighted by atomic mass is 10.2. The highest BCUT2D eigenvalue weighted by molar-refractivity contribution is 9.09. The summed E-state index contributed by atoms with van der Waals surface area (Å²) in [7, 11) is 0. The molecule has 3 nitrogen and oxygen atoms in total. The van der Waals surface area contributed by atoms with E-state index in [2.05, 4.69) is 26.1 Å². The van der Waals surface area contributed by atoms with E-state index in [0.29, 0.717) is 12.5 Å². The van der Waals surface area contributed by atoms with E-state index < -0.39 is 0 Å². The Labute approximate surface area is 106 Å². The Morgan fingerprint density at radius 1 is 1.31 bits per heavy atom. The summed E-state index contributed by atoms with van der Waals surface area (Å²) in [5, 5.41) is 4.15. The monoisotopic (exact) mass is 288 g/mol. The van der Waals surface area contributed by atoms with Crippen molar-refractivity contribution in [3.05, 3.63) is 0 Å². The summed E-state index contributed by atoms with van der Waals surface area (Å²) >= 11 is 3.38. The molecule has 0 bridgehead atoms. The molecule has 0 spiro atoms. The molecule has 1 saturated heterocycles. The number of hydrogen-bond donors (Lipinski definition) is 1. The van der Waals surface area contributed by atoms with E-state index in [1.165, 1.54) is 19.4 Å². The van der Waals surface area contributed by atoms with Crippen molar-refractivity contribution < 1.29 is 4.79 Å². The van der Waals surface area contributed by atoms with Crippen molar-refractivity contribution in [2.24, 2.45) is 0 Å². The number of carbonyl (C=O) groups excluding carboxylic acids is 1. The lowest BCUT2D eigenvalue weighted by molar-refractivity contribution is -0.121. The topological polar surface area (TPSA) is 32.3 Å². The summed E-state index contributed by atoms with van der Waals surface area (Å²) < 4.78 is 0. The number of carbonyl (C=O) groups is 1. The van der Waals surface area contributed by atoms with Crippen LogP contribution < -0.4 is 5.32 Å². The van der Waals surface area contributed by atoms with Gasteiger partial charge in [0.2, 0.25) is 5.91 Å². The molecule has 0 aromatic rings. The third-order valence-electron chi connectivity index (χ3n) is 3.44. The molecule has 1 aliphatic carbocycles. The summed E-state index contributed by atoms with van der Waals surface area (Å²) in [5.74, 6) is 0.239. The van der Waals surface area contributed by atoms with E-state index in [4.69, 9.17) is 0 Å². The van der Waals surface area contributed by atoms with Gasteiger partial charge in [-0.05, 0) is 32.1 Å². The zero-order valence-electron chi connectivity index (χ0n) is 9.75. The van der Waals surface area contributed by atoms with Gasteiger partial charge in [0.15, 0.2) is 0 Å². The Bertz CT molecular complexity index is 243. The number of alkyl halides is 1. The Morgan fingerprint density at radius 2 is 2.12 bits per heavy atom. The first kappa shape index (κ1) is 12.4. The van der Waals surface area contributed by atoms with Gasteiger partial charge in [-0.2, -0.15) is 0 Å². The fourth-order valence-corrected chi connectivity index (χ4v) is 2.75. The predicted molar refractivity (Wildman–Crippen MR) is 68.8 cm³/mol. The fraction of sp³-hybridized carbons (Fsp3) is 0.917. The van der Waals surface area contributed by atoms with Gasteiger partial charge in [0.1, 0.15) is 0 Å². The van der Waals surface area contributed by atoms with Gasteiger partial charge < -0.3 is 5.32 Å². The molecule has 1 aliphatic heterocycles. The molecule has 1 saturated carbocycles. The van der Waals surface area contributed by atoms with Crippen LogP contribution >= 0.6 is 15.9 Å². The van der Waals surface area contributed by atoms with Gasteiger partial charge in [-0.15, -0.1) is 0 Å². The molecule has 0 aromatic carbocycles. The minimum Gasteiger partial charge on any atom is -0.352 e. The normalized spacial score (nSPS) is 25.9. The number of hydrogen-bond acceptors (Lipinski definition) is 2. The number of nitrogens with one attached hydrogen (secondary N) is 1. The van der Waals surface area contributed by atoms with Crippen LogP contribution in [0.2, 0.25) is 0 Å². The van der Waals surface area contributed by atoms with Gasteiger partial charge in [0.05, 0.1) is 0 Å². The fourth-order valence-electron chi connectivity index (χ4n) is 2.36. The van der Waals surface area contributed by atoms with E-state index in [-0.39, 0.29) is 5.91 Å². The van der Waals surface area contributed by atoms with Crippen molar-refractivity contribution in [1.29, 1.82) is 0 Å². The van der Waals surface area contributed by atoms with E-state index in [1.807, 2.05) is 0 Å². The maximum Gasteiger partial charge on any atom is 0.220 e. The minimum atomic E-state index is 0.239. The number of unbranched alkanes of at least 4 members (excludes halogenated alkanes) is 1. The second kappa shape index (κ2) is 6.01. The van der Waals surface area contributed by atoms with E-state index in [9.17, 15) is 4.79 Å². The molecule has 16 heavy (non-hydrogen) atoms. The molecule has 1 atom stereocenters. The number of rotatable bonds is 6. The van der Waals surface area contributed by atoms with E-state index in [1.54, 1.807) is 0 Å². The first-order valence-corrected chi connectivity index (χ1v) is 7.51. The van der Waals surface area contributed by atoms with Crippen LogP contribution in [0, 0.1) is 0 Å². The lowest BCUT2D eigenvalue weighted by Crippen LogP contribution is -2.37. The summed E-state index contributed by atoms with van der Waals surface area (Å²) in [6.07, 6.45) is 6.65. The van der Waals surface area contributed by atoms with Crippen LogP contribution in [0.1, 0.15) is 38.5 Å². The molecule has 0 aromatic heterocycles. The number of likely N-dealkylation sites (tertiary alicyclic amines) is 1. The minimum absolute atomic E-state index is 0.239. The quantitative estimate of drug-likeness (QED) is 0.598. The Morgan fingerprint density at radius 3 is 2.81 bits per heavy atom. The molecule has 1 N–H and O–H groups in total. The molecule has 1 heterocycles. The van der Waals surface area contributed by atoms with Gasteiger partial charge in [-0.1, -0.05) is 15.9 Å². The zero-order chi connectivity index (χ0) is 11.4. The van der Waals surface area contributed by atoms with E-state index >= 15 is 0 Å². The maximum atomic E-state index is 11.6. The standard InChI is InChI=1S/C12H21BrN2O/c13-7-2-1-3-12(16)14-10-6-8-15(9-10)11-4-5-11/h10-11H,1-9H2,(H,14,16). The Kier molecular flexibility index (Phi) is 4.65. The average Bonchev–Trinajstić information content (AvgIpc) is 3.01. The highest BCUT2D eigenvalue weighted by Crippen LogP contribution is 2.29. The largest absolute Gasteiger partial charge is 0.352 e. The predicted octanol–water partition coefficient (Wildman–Crippen LogP) is 1.90. The van der Waals surface area contributed by atoms with Crippen molar-refractivity contribution in [3.63, 3.8) is 0 Å². The summed E-state index contributed by atoms with van der Waals surface area (Å²) in [6.45, 7) is 2.26. The van der Waals surface area contributed by atoms with Crippen molar-refractivity contribution in [3.8, 4) is 0 Å². The van der Waals surface area contributed by atoms with Gasteiger partial charge in [-0.25, -0.2) is 0 Å². The second-order valence-corrected chi connectivity index (χ2v) is 5.72. The summed E-state index contributed by atoms with van der Waals surface area (Å²) in [4.78, 5) is 14.2. The van der Waals surface area contributed by atoms with Crippen molar-refractivity contribution in [2.45, 2.75) is 50.6 Å². The number of halogens is 1. The van der Waals surface area contributed by atoms with Crippen LogP contribution in [0.3, 0.4) is 0 Å². The third kappa shape index (κ3) is 3.74. The average molecular weight is 289 g/mol. The SMILES string of the molecule is O=C(CCCCBr)NC1CCN(C2CC2)C1. The zero-order valence-corrected chi connectivity index (χ0v) is 11.3. The summed E-state index contributed by atoms with van der Waals surface area (Å²) in [6, 6.07) is 1.26. The first-order chi connectivity index (χ1) is 7.79. The van der Waals surface area contributed by atoms with E-state index in [0.717, 1.165) is 37.2 Å². The van der Waals surface area contributed by atoms with Gasteiger partial charge >= 0.3 is 0 Å². The molecular formula is C12H21BrN2O. The van der Waals surface area contributed by atoms with Crippen LogP contribution in [0.15, 0.2) is 0 Å². The van der Waals surface area contributed by atoms with Gasteiger partial charge in [0, 0.05) is 36.9 Å². The molecule has 2 aliphatic rings. The number of nitrogens with zero attached hydrogens (tertiary/aromatic N) is 1. The van der Waals surface area contributed by atoms with Crippen LogP contribution in [0.25, 0.3) is 0 Å². The Balaban J connectivity index is 1.60. The van der Waals surface area contributed by atoms with Crippen molar-refractivity contribution in [1.82, 2.24) is 10.2 Å². The lowest BCUT2D eigenvalue weighted by Gasteiger charge is -2.15. The molecule has 92 valence electrons. The second-order valence-electron chi connectivity index (χ2n) is 4.93. The molecule has 4 heteroatoms. The first-order valence-electron chi connectivity index (χ1n) is 6.39. The maximum absolute atomic E-state index is 11.6. The molecular weight excluding hydrogens is 268 g/mol. The molecule has 1 unspecified atom stereocenters. The Hall–Kier alpha value is -0.0900. The third-order valence-corrected chi connectivity index (χ3v) is 4.00.